The molecule has 10 nitrogen and oxygen atoms in total. The van der Waals surface area contributed by atoms with E-state index in [1.165, 1.54) is 11.4 Å². The number of hydrogen-bond donors (Lipinski definition) is 3. The average molecular weight is 535 g/mol. The Morgan fingerprint density at radius 3 is 2.45 bits per heavy atom. The number of nitrogens with two attached hydrogens (primary N) is 1. The third-order valence-electron chi connectivity index (χ3n) is 7.17. The maximum Gasteiger partial charge on any atom is 0.208 e. The van der Waals surface area contributed by atoms with Gasteiger partial charge in [-0.1, -0.05) is 36.4 Å². The number of sulfonamides is 1. The smallest absolute Gasteiger partial charge is 0.208 e. The lowest BCUT2D eigenvalue weighted by Gasteiger charge is -2.36. The number of nitrogen functional groups attached to an aromatic ring is 1. The van der Waals surface area contributed by atoms with Crippen LogP contribution in [0.3, 0.4) is 0 Å². The normalized spacial score (nSPS) is 20.0. The summed E-state index contributed by atoms with van der Waals surface area (Å²) in [6, 6.07) is 13.8. The predicted molar refractivity (Wildman–Crippen MR) is 145 cm³/mol. The summed E-state index contributed by atoms with van der Waals surface area (Å²) < 4.78 is 26.9. The molecule has 3 aromatic heterocycles. The van der Waals surface area contributed by atoms with E-state index < -0.39 is 15.6 Å². The molecule has 0 unspecified atom stereocenters. The Hall–Kier alpha value is -3.67. The molecule has 11 heteroatoms. The van der Waals surface area contributed by atoms with Gasteiger partial charge in [0.05, 0.1) is 35.0 Å². The summed E-state index contributed by atoms with van der Waals surface area (Å²) in [6.45, 7) is 1.40. The number of rotatable bonds is 7. The topological polar surface area (TPSA) is 153 Å². The van der Waals surface area contributed by atoms with Gasteiger partial charge in [-0.3, -0.25) is 9.78 Å². The molecule has 1 saturated carbocycles. The van der Waals surface area contributed by atoms with Crippen LogP contribution in [0.25, 0.3) is 28.0 Å². The third-order valence-corrected chi connectivity index (χ3v) is 7.84. The molecule has 5 rings (SSSR count). The summed E-state index contributed by atoms with van der Waals surface area (Å²) in [6.07, 6.45) is 6.29. The van der Waals surface area contributed by atoms with E-state index >= 15 is 0 Å². The highest BCUT2D eigenvalue weighted by molar-refractivity contribution is 7.88. The summed E-state index contributed by atoms with van der Waals surface area (Å²) >= 11 is 0. The summed E-state index contributed by atoms with van der Waals surface area (Å²) in [5.41, 5.74) is 10.2. The molecule has 1 aliphatic rings. The van der Waals surface area contributed by atoms with E-state index in [0.29, 0.717) is 42.6 Å². The largest absolute Gasteiger partial charge is 0.389 e. The number of nitrogens with zero attached hydrogens (tertiary/aromatic N) is 4. The lowest BCUT2D eigenvalue weighted by Crippen LogP contribution is -2.45. The highest BCUT2D eigenvalue weighted by Gasteiger charge is 2.36. The molecule has 4 aromatic rings. The van der Waals surface area contributed by atoms with Crippen LogP contribution < -0.4 is 10.5 Å². The highest BCUT2D eigenvalue weighted by atomic mass is 32.2. The first-order chi connectivity index (χ1) is 18.0. The molecule has 0 bridgehead atoms. The first-order valence-corrected chi connectivity index (χ1v) is 14.3. The van der Waals surface area contributed by atoms with Crippen LogP contribution in [0.4, 0.5) is 5.82 Å². The Balaban J connectivity index is 1.49. The van der Waals surface area contributed by atoms with Crippen LogP contribution in [0.1, 0.15) is 54.6 Å². The number of ketones is 1. The maximum atomic E-state index is 12.7. The van der Waals surface area contributed by atoms with Gasteiger partial charge in [0.25, 0.3) is 0 Å². The second-order valence-corrected chi connectivity index (χ2v) is 11.8. The van der Waals surface area contributed by atoms with Crippen LogP contribution in [0.2, 0.25) is 0 Å². The molecule has 38 heavy (non-hydrogen) atoms. The molecule has 3 heterocycles. The number of nitrogens with one attached hydrogen (secondary N) is 1. The van der Waals surface area contributed by atoms with E-state index in [0.717, 1.165) is 28.6 Å². The molecule has 1 aromatic carbocycles. The van der Waals surface area contributed by atoms with Crippen molar-refractivity contribution >= 4 is 27.3 Å². The van der Waals surface area contributed by atoms with E-state index in [-0.39, 0.29) is 24.1 Å². The van der Waals surface area contributed by atoms with Crippen molar-refractivity contribution in [1.82, 2.24) is 24.3 Å². The fourth-order valence-corrected chi connectivity index (χ4v) is 5.63. The van der Waals surface area contributed by atoms with Crippen molar-refractivity contribution in [2.45, 2.75) is 44.1 Å². The van der Waals surface area contributed by atoms with Crippen LogP contribution in [0, 0.1) is 0 Å². The number of aliphatic hydroxyl groups is 1. The molecule has 4 N–H and O–H groups in total. The van der Waals surface area contributed by atoms with Gasteiger partial charge in [0, 0.05) is 35.3 Å². The van der Waals surface area contributed by atoms with Crippen molar-refractivity contribution in [3.05, 3.63) is 66.1 Å². The zero-order valence-electron chi connectivity index (χ0n) is 21.3. The van der Waals surface area contributed by atoms with Gasteiger partial charge in [0.1, 0.15) is 5.82 Å². The number of Topliss-reactive ketones (excluding diaryl/α,β-unsaturated/α-hetero) is 1. The van der Waals surface area contributed by atoms with Crippen molar-refractivity contribution in [2.75, 3.05) is 18.5 Å². The minimum Gasteiger partial charge on any atom is -0.389 e. The van der Waals surface area contributed by atoms with E-state index in [9.17, 15) is 18.3 Å². The van der Waals surface area contributed by atoms with Crippen LogP contribution in [0.15, 0.2) is 54.9 Å². The molecule has 0 atom stereocenters. The minimum absolute atomic E-state index is 0.0501. The predicted octanol–water partition coefficient (Wildman–Crippen LogP) is 3.18. The van der Waals surface area contributed by atoms with E-state index in [1.54, 1.807) is 12.4 Å². The lowest BCUT2D eigenvalue weighted by molar-refractivity contribution is 0.00415. The van der Waals surface area contributed by atoms with Gasteiger partial charge < -0.3 is 10.8 Å². The zero-order chi connectivity index (χ0) is 27.1. The van der Waals surface area contributed by atoms with Crippen molar-refractivity contribution in [2.24, 2.45) is 0 Å². The standard InChI is InChI=1S/C27H30N6O4S/c1-17(34)23-24(19-10-12-27(35,13-11-19)16-31-38(2,36)37)32-26-21(15-30-33(26)25(23)28)20-8-9-22(29-14-20)18-6-4-3-5-7-18/h3-9,14-15,19,31,35H,10-13,16,28H2,1-2H3. The van der Waals surface area contributed by atoms with Gasteiger partial charge in [-0.05, 0) is 38.7 Å². The number of carbonyl (C=O) groups is 1. The van der Waals surface area contributed by atoms with Gasteiger partial charge in [0.2, 0.25) is 10.0 Å². The number of anilines is 1. The molecule has 0 amide bonds. The summed E-state index contributed by atoms with van der Waals surface area (Å²) in [4.78, 5) is 22.2. The van der Waals surface area contributed by atoms with Gasteiger partial charge in [-0.2, -0.15) is 9.61 Å². The molecular formula is C27H30N6O4S. The van der Waals surface area contributed by atoms with E-state index in [1.807, 2.05) is 42.5 Å². The van der Waals surface area contributed by atoms with E-state index in [4.69, 9.17) is 10.7 Å². The monoisotopic (exact) mass is 534 g/mol. The van der Waals surface area contributed by atoms with Crippen molar-refractivity contribution in [1.29, 1.82) is 0 Å². The number of benzene rings is 1. The van der Waals surface area contributed by atoms with Crippen molar-refractivity contribution in [3.63, 3.8) is 0 Å². The quantitative estimate of drug-likeness (QED) is 0.306. The summed E-state index contributed by atoms with van der Waals surface area (Å²) in [7, 11) is -3.42. The highest BCUT2D eigenvalue weighted by Crippen LogP contribution is 2.40. The second kappa shape index (κ2) is 9.90. The molecule has 0 saturated heterocycles. The summed E-state index contributed by atoms with van der Waals surface area (Å²) in [5.74, 6) is -0.115. The van der Waals surface area contributed by atoms with Crippen molar-refractivity contribution < 1.29 is 18.3 Å². The maximum absolute atomic E-state index is 12.7. The fourth-order valence-electron chi connectivity index (χ4n) is 5.10. The van der Waals surface area contributed by atoms with Gasteiger partial charge in [-0.15, -0.1) is 0 Å². The van der Waals surface area contributed by atoms with Crippen LogP contribution in [0.5, 0.6) is 0 Å². The number of carbonyl (C=O) groups excluding carboxylic acids is 1. The van der Waals surface area contributed by atoms with Gasteiger partial charge in [0.15, 0.2) is 11.4 Å². The Kier molecular flexibility index (Phi) is 6.76. The van der Waals surface area contributed by atoms with Crippen LogP contribution >= 0.6 is 0 Å². The third kappa shape index (κ3) is 5.17. The Labute approximate surface area is 221 Å². The molecule has 1 fully saturated rings. The first-order valence-electron chi connectivity index (χ1n) is 12.4. The molecule has 0 spiro atoms. The number of hydrogen-bond acceptors (Lipinski definition) is 8. The van der Waals surface area contributed by atoms with E-state index in [2.05, 4.69) is 14.8 Å². The van der Waals surface area contributed by atoms with Crippen LogP contribution in [-0.2, 0) is 10.0 Å². The Morgan fingerprint density at radius 1 is 1.13 bits per heavy atom. The average Bonchev–Trinajstić information content (AvgIpc) is 3.32. The Bertz CT molecular complexity index is 1590. The number of fused-ring (bicyclic) bond motifs is 1. The molecular weight excluding hydrogens is 504 g/mol. The lowest BCUT2D eigenvalue weighted by atomic mass is 9.76. The Morgan fingerprint density at radius 2 is 1.84 bits per heavy atom. The van der Waals surface area contributed by atoms with Gasteiger partial charge >= 0.3 is 0 Å². The summed E-state index contributed by atoms with van der Waals surface area (Å²) in [5, 5.41) is 15.3. The second-order valence-electron chi connectivity index (χ2n) is 10.00. The molecule has 0 aliphatic heterocycles. The van der Waals surface area contributed by atoms with Gasteiger partial charge in [-0.25, -0.2) is 18.1 Å². The molecule has 0 radical (unpaired) electrons. The minimum atomic E-state index is -3.42. The van der Waals surface area contributed by atoms with Crippen LogP contribution in [-0.4, -0.2) is 57.3 Å². The fraction of sp³-hybridized carbons (Fsp3) is 0.333. The number of aromatic nitrogens is 4. The SMILES string of the molecule is CC(=O)c1c(C2CCC(O)(CNS(C)(=O)=O)CC2)nc2c(-c3ccc(-c4ccccc4)nc3)cnn2c1N. The molecule has 1 aliphatic carbocycles. The molecule has 198 valence electrons. The first kappa shape index (κ1) is 26.0. The zero-order valence-corrected chi connectivity index (χ0v) is 22.1. The number of pyridine rings is 1. The van der Waals surface area contributed by atoms with Crippen molar-refractivity contribution in [3.8, 4) is 22.4 Å².